The number of H-pyrrole nitrogens is 1. The first-order valence-corrected chi connectivity index (χ1v) is 5.09. The molecule has 1 unspecified atom stereocenters. The van der Waals surface area contributed by atoms with Gasteiger partial charge in [-0.1, -0.05) is 30.3 Å². The Balaban J connectivity index is 2.23. The van der Waals surface area contributed by atoms with Crippen LogP contribution in [0.25, 0.3) is 0 Å². The van der Waals surface area contributed by atoms with Crippen LogP contribution in [0.2, 0.25) is 0 Å². The van der Waals surface area contributed by atoms with E-state index in [1.807, 2.05) is 30.3 Å². The number of ketones is 1. The number of hydrogen-bond donors (Lipinski definition) is 1. The molecule has 76 valence electrons. The van der Waals surface area contributed by atoms with Gasteiger partial charge in [0.25, 0.3) is 0 Å². The number of nitrogens with one attached hydrogen (secondary N) is 1. The maximum atomic E-state index is 11.8. The highest BCUT2D eigenvalue weighted by molar-refractivity contribution is 6.33. The van der Waals surface area contributed by atoms with Crippen molar-refractivity contribution in [2.75, 3.05) is 0 Å². The fourth-order valence-corrected chi connectivity index (χ4v) is 1.66. The van der Waals surface area contributed by atoms with Gasteiger partial charge in [-0.3, -0.25) is 4.79 Å². The van der Waals surface area contributed by atoms with Gasteiger partial charge in [0.05, 0.1) is 5.69 Å². The van der Waals surface area contributed by atoms with Crippen molar-refractivity contribution < 1.29 is 4.79 Å². The number of rotatable bonds is 3. The number of carbonyl (C=O) groups excluding carboxylic acids is 1. The maximum Gasteiger partial charge on any atom is 0.201 e. The lowest BCUT2D eigenvalue weighted by atomic mass is 10.1. The van der Waals surface area contributed by atoms with E-state index in [0.29, 0.717) is 5.69 Å². The van der Waals surface area contributed by atoms with Gasteiger partial charge in [0.2, 0.25) is 5.78 Å². The van der Waals surface area contributed by atoms with Crippen molar-refractivity contribution in [1.82, 2.24) is 4.98 Å². The van der Waals surface area contributed by atoms with Crippen LogP contribution in [0.15, 0.2) is 48.7 Å². The number of aromatic nitrogens is 1. The molecule has 3 heteroatoms. The van der Waals surface area contributed by atoms with Crippen LogP contribution in [0.5, 0.6) is 0 Å². The number of alkyl halides is 1. The van der Waals surface area contributed by atoms with Crippen LogP contribution < -0.4 is 0 Å². The Morgan fingerprint density at radius 1 is 1.13 bits per heavy atom. The van der Waals surface area contributed by atoms with E-state index in [-0.39, 0.29) is 5.78 Å². The van der Waals surface area contributed by atoms with Crippen LogP contribution in [0.1, 0.15) is 21.4 Å². The van der Waals surface area contributed by atoms with Gasteiger partial charge in [-0.2, -0.15) is 0 Å². The molecule has 2 rings (SSSR count). The number of halogens is 1. The minimum absolute atomic E-state index is 0.104. The van der Waals surface area contributed by atoms with Crippen LogP contribution in [0.4, 0.5) is 0 Å². The Labute approximate surface area is 92.9 Å². The van der Waals surface area contributed by atoms with Crippen molar-refractivity contribution in [3.8, 4) is 0 Å². The zero-order chi connectivity index (χ0) is 10.7. The molecule has 0 amide bonds. The molecule has 0 saturated carbocycles. The van der Waals surface area contributed by atoms with E-state index in [1.165, 1.54) is 0 Å². The SMILES string of the molecule is O=C(c1ccc[nH]1)C(Cl)c1ccccc1. The smallest absolute Gasteiger partial charge is 0.201 e. The van der Waals surface area contributed by atoms with E-state index < -0.39 is 5.38 Å². The molecule has 1 heterocycles. The molecular weight excluding hydrogens is 210 g/mol. The molecule has 1 aromatic heterocycles. The summed E-state index contributed by atoms with van der Waals surface area (Å²) in [5.41, 5.74) is 1.36. The summed E-state index contributed by atoms with van der Waals surface area (Å²) in [5, 5.41) is -0.621. The molecule has 0 fully saturated rings. The third kappa shape index (κ3) is 2.10. The van der Waals surface area contributed by atoms with E-state index in [4.69, 9.17) is 11.6 Å². The van der Waals surface area contributed by atoms with Crippen LogP contribution in [-0.4, -0.2) is 10.8 Å². The van der Waals surface area contributed by atoms with Crippen molar-refractivity contribution in [1.29, 1.82) is 0 Å². The first kappa shape index (κ1) is 9.99. The fourth-order valence-electron chi connectivity index (χ4n) is 1.39. The second-order valence-electron chi connectivity index (χ2n) is 3.22. The zero-order valence-electron chi connectivity index (χ0n) is 7.98. The molecular formula is C12H10ClNO. The van der Waals surface area contributed by atoms with Crippen molar-refractivity contribution >= 4 is 17.4 Å². The lowest BCUT2D eigenvalue weighted by Gasteiger charge is -2.06. The molecule has 0 aliphatic heterocycles. The number of carbonyl (C=O) groups is 1. The van der Waals surface area contributed by atoms with Gasteiger partial charge in [-0.05, 0) is 17.7 Å². The number of Topliss-reactive ketones (excluding diaryl/α,β-unsaturated/α-hetero) is 1. The topological polar surface area (TPSA) is 32.9 Å². The summed E-state index contributed by atoms with van der Waals surface area (Å²) in [4.78, 5) is 14.7. The minimum atomic E-state index is -0.621. The molecule has 2 aromatic rings. The summed E-state index contributed by atoms with van der Waals surface area (Å²) in [6.45, 7) is 0. The highest BCUT2D eigenvalue weighted by Crippen LogP contribution is 2.23. The Bertz CT molecular complexity index is 436. The van der Waals surface area contributed by atoms with Gasteiger partial charge >= 0.3 is 0 Å². The summed E-state index contributed by atoms with van der Waals surface area (Å²) in [7, 11) is 0. The fraction of sp³-hybridized carbons (Fsp3) is 0.0833. The zero-order valence-corrected chi connectivity index (χ0v) is 8.74. The molecule has 2 nitrogen and oxygen atoms in total. The third-order valence-electron chi connectivity index (χ3n) is 2.19. The van der Waals surface area contributed by atoms with Gasteiger partial charge in [-0.15, -0.1) is 11.6 Å². The van der Waals surface area contributed by atoms with Crippen molar-refractivity contribution in [3.05, 3.63) is 59.9 Å². The van der Waals surface area contributed by atoms with E-state index in [9.17, 15) is 4.79 Å². The van der Waals surface area contributed by atoms with Gasteiger partial charge in [-0.25, -0.2) is 0 Å². The highest BCUT2D eigenvalue weighted by atomic mass is 35.5. The Kier molecular flexibility index (Phi) is 2.88. The number of benzene rings is 1. The Morgan fingerprint density at radius 3 is 2.47 bits per heavy atom. The summed E-state index contributed by atoms with van der Waals surface area (Å²) >= 11 is 6.08. The van der Waals surface area contributed by atoms with Crippen molar-refractivity contribution in [3.63, 3.8) is 0 Å². The molecule has 0 radical (unpaired) electrons. The van der Waals surface area contributed by atoms with Crippen LogP contribution in [0.3, 0.4) is 0 Å². The first-order valence-electron chi connectivity index (χ1n) is 4.65. The quantitative estimate of drug-likeness (QED) is 0.624. The lowest BCUT2D eigenvalue weighted by molar-refractivity contribution is 0.0983. The second kappa shape index (κ2) is 4.32. The molecule has 0 aliphatic carbocycles. The van der Waals surface area contributed by atoms with Crippen molar-refractivity contribution in [2.45, 2.75) is 5.38 Å². The van der Waals surface area contributed by atoms with Gasteiger partial charge < -0.3 is 4.98 Å². The monoisotopic (exact) mass is 219 g/mol. The van der Waals surface area contributed by atoms with Crippen LogP contribution in [-0.2, 0) is 0 Å². The summed E-state index contributed by atoms with van der Waals surface area (Å²) in [6, 6.07) is 12.8. The molecule has 15 heavy (non-hydrogen) atoms. The normalized spacial score (nSPS) is 12.3. The lowest BCUT2D eigenvalue weighted by Crippen LogP contribution is -2.07. The van der Waals surface area contributed by atoms with E-state index in [1.54, 1.807) is 18.3 Å². The molecule has 1 N–H and O–H groups in total. The van der Waals surface area contributed by atoms with Gasteiger partial charge in [0.1, 0.15) is 5.38 Å². The Hall–Kier alpha value is -1.54. The van der Waals surface area contributed by atoms with Crippen LogP contribution in [0, 0.1) is 0 Å². The minimum Gasteiger partial charge on any atom is -0.359 e. The standard InChI is InChI=1S/C12H10ClNO/c13-11(9-5-2-1-3-6-9)12(15)10-7-4-8-14-10/h1-8,11,14H. The van der Waals surface area contributed by atoms with Gasteiger partial charge in [0.15, 0.2) is 0 Å². The van der Waals surface area contributed by atoms with E-state index in [2.05, 4.69) is 4.98 Å². The average molecular weight is 220 g/mol. The molecule has 0 aliphatic rings. The molecule has 1 aromatic carbocycles. The summed E-state index contributed by atoms with van der Waals surface area (Å²) < 4.78 is 0. The molecule has 0 saturated heterocycles. The van der Waals surface area contributed by atoms with Crippen molar-refractivity contribution in [2.24, 2.45) is 0 Å². The Morgan fingerprint density at radius 2 is 1.87 bits per heavy atom. The molecule has 0 bridgehead atoms. The number of hydrogen-bond acceptors (Lipinski definition) is 1. The van der Waals surface area contributed by atoms with E-state index >= 15 is 0 Å². The average Bonchev–Trinajstić information content (AvgIpc) is 2.82. The molecule has 0 spiro atoms. The summed E-state index contributed by atoms with van der Waals surface area (Å²) in [5.74, 6) is -0.104. The molecule has 1 atom stereocenters. The predicted molar refractivity (Wildman–Crippen MR) is 60.2 cm³/mol. The maximum absolute atomic E-state index is 11.8. The highest BCUT2D eigenvalue weighted by Gasteiger charge is 2.19. The largest absolute Gasteiger partial charge is 0.359 e. The number of aromatic amines is 1. The predicted octanol–water partition coefficient (Wildman–Crippen LogP) is 3.18. The van der Waals surface area contributed by atoms with E-state index in [0.717, 1.165) is 5.56 Å². The van der Waals surface area contributed by atoms with Gasteiger partial charge in [0, 0.05) is 6.20 Å². The second-order valence-corrected chi connectivity index (χ2v) is 3.66. The summed E-state index contributed by atoms with van der Waals surface area (Å²) in [6.07, 6.45) is 1.71. The third-order valence-corrected chi connectivity index (χ3v) is 2.64. The van der Waals surface area contributed by atoms with Crippen LogP contribution >= 0.6 is 11.6 Å². The first-order chi connectivity index (χ1) is 7.29.